The Kier molecular flexibility index (Phi) is 3.90. The van der Waals surface area contributed by atoms with E-state index in [2.05, 4.69) is 26.0 Å². The van der Waals surface area contributed by atoms with Crippen LogP contribution in [0.5, 0.6) is 0 Å². The fourth-order valence-corrected chi connectivity index (χ4v) is 2.89. The van der Waals surface area contributed by atoms with Gasteiger partial charge in [0.05, 0.1) is 16.4 Å². The fourth-order valence-electron chi connectivity index (χ4n) is 2.04. The standard InChI is InChI=1S/C13H13BrClF2N3/c1-6-5-8(14)7(2)18-10(6)11-9(15)12(13(3,16)17)20(4)19-11/h5H,1-4H3. The van der Waals surface area contributed by atoms with Crippen molar-refractivity contribution in [2.24, 2.45) is 7.05 Å². The first-order valence-electron chi connectivity index (χ1n) is 5.87. The van der Waals surface area contributed by atoms with Crippen LogP contribution in [0.3, 0.4) is 0 Å². The molecule has 0 spiro atoms. The van der Waals surface area contributed by atoms with Crippen molar-refractivity contribution in [3.8, 4) is 11.4 Å². The van der Waals surface area contributed by atoms with Crippen LogP contribution in [0.4, 0.5) is 8.78 Å². The number of halogens is 4. The Labute approximate surface area is 129 Å². The molecule has 0 saturated carbocycles. The summed E-state index contributed by atoms with van der Waals surface area (Å²) < 4.78 is 29.1. The minimum atomic E-state index is -3.06. The van der Waals surface area contributed by atoms with Gasteiger partial charge in [-0.2, -0.15) is 13.9 Å². The quantitative estimate of drug-likeness (QED) is 0.778. The van der Waals surface area contributed by atoms with Crippen molar-refractivity contribution in [2.75, 3.05) is 0 Å². The number of hydrogen-bond acceptors (Lipinski definition) is 2. The van der Waals surface area contributed by atoms with Crippen LogP contribution in [0, 0.1) is 13.8 Å². The molecule has 0 fully saturated rings. The van der Waals surface area contributed by atoms with Crippen molar-refractivity contribution in [3.63, 3.8) is 0 Å². The lowest BCUT2D eigenvalue weighted by atomic mass is 10.1. The molecule has 0 atom stereocenters. The molecule has 0 aromatic carbocycles. The number of aryl methyl sites for hydroxylation is 3. The van der Waals surface area contributed by atoms with E-state index >= 15 is 0 Å². The third-order valence-corrected chi connectivity index (χ3v) is 4.13. The average molecular weight is 365 g/mol. The van der Waals surface area contributed by atoms with Gasteiger partial charge in [-0.15, -0.1) is 0 Å². The van der Waals surface area contributed by atoms with Gasteiger partial charge in [0.1, 0.15) is 11.4 Å². The summed E-state index contributed by atoms with van der Waals surface area (Å²) in [6.45, 7) is 4.45. The molecule has 108 valence electrons. The van der Waals surface area contributed by atoms with Gasteiger partial charge in [0.25, 0.3) is 5.92 Å². The molecule has 0 aliphatic heterocycles. The Hall–Kier alpha value is -1.01. The Morgan fingerprint density at radius 2 is 1.90 bits per heavy atom. The van der Waals surface area contributed by atoms with Crippen LogP contribution in [0.25, 0.3) is 11.4 Å². The monoisotopic (exact) mass is 363 g/mol. The molecule has 0 aliphatic carbocycles. The first-order chi connectivity index (χ1) is 9.12. The second-order valence-corrected chi connectivity index (χ2v) is 5.98. The van der Waals surface area contributed by atoms with E-state index in [9.17, 15) is 8.78 Å². The highest BCUT2D eigenvalue weighted by Gasteiger charge is 2.34. The summed E-state index contributed by atoms with van der Waals surface area (Å²) in [6.07, 6.45) is 0. The Morgan fingerprint density at radius 3 is 2.40 bits per heavy atom. The molecule has 2 heterocycles. The van der Waals surface area contributed by atoms with Gasteiger partial charge in [0, 0.05) is 18.4 Å². The minimum absolute atomic E-state index is 0.0580. The summed E-state index contributed by atoms with van der Waals surface area (Å²) in [5.41, 5.74) is 2.04. The van der Waals surface area contributed by atoms with Crippen molar-refractivity contribution in [1.82, 2.24) is 14.8 Å². The second kappa shape index (κ2) is 5.07. The van der Waals surface area contributed by atoms with E-state index in [1.165, 1.54) is 7.05 Å². The highest BCUT2D eigenvalue weighted by molar-refractivity contribution is 9.10. The number of aromatic nitrogens is 3. The first-order valence-corrected chi connectivity index (χ1v) is 7.05. The molecule has 2 aromatic rings. The van der Waals surface area contributed by atoms with Crippen LogP contribution < -0.4 is 0 Å². The Bertz CT molecular complexity index is 677. The SMILES string of the molecule is Cc1cc(Br)c(C)nc1-c1nn(C)c(C(C)(F)F)c1Cl. The van der Waals surface area contributed by atoms with Gasteiger partial charge in [-0.05, 0) is 41.4 Å². The molecule has 0 radical (unpaired) electrons. The molecular weight excluding hydrogens is 352 g/mol. The molecule has 0 amide bonds. The van der Waals surface area contributed by atoms with E-state index in [4.69, 9.17) is 11.6 Å². The zero-order chi connectivity index (χ0) is 15.2. The molecular formula is C13H13BrClF2N3. The third-order valence-electron chi connectivity index (χ3n) is 2.97. The van der Waals surface area contributed by atoms with E-state index in [-0.39, 0.29) is 16.4 Å². The zero-order valence-corrected chi connectivity index (χ0v) is 13.8. The predicted octanol–water partition coefficient (Wildman–Crippen LogP) is 4.63. The summed E-state index contributed by atoms with van der Waals surface area (Å²) in [4.78, 5) is 4.39. The van der Waals surface area contributed by atoms with Crippen molar-refractivity contribution in [2.45, 2.75) is 26.7 Å². The third kappa shape index (κ3) is 2.59. The van der Waals surface area contributed by atoms with E-state index in [1.807, 2.05) is 19.9 Å². The summed E-state index contributed by atoms with van der Waals surface area (Å²) >= 11 is 9.48. The van der Waals surface area contributed by atoms with Gasteiger partial charge in [-0.1, -0.05) is 11.6 Å². The number of alkyl halides is 2. The zero-order valence-electron chi connectivity index (χ0n) is 11.4. The highest BCUT2D eigenvalue weighted by atomic mass is 79.9. The Balaban J connectivity index is 2.70. The summed E-state index contributed by atoms with van der Waals surface area (Å²) in [6, 6.07) is 1.87. The normalized spacial score (nSPS) is 12.0. The summed E-state index contributed by atoms with van der Waals surface area (Å²) in [5, 5.41) is 4.05. The van der Waals surface area contributed by atoms with Gasteiger partial charge < -0.3 is 0 Å². The molecule has 0 aliphatic rings. The summed E-state index contributed by atoms with van der Waals surface area (Å²) in [5.74, 6) is -3.06. The molecule has 0 bridgehead atoms. The molecule has 0 unspecified atom stereocenters. The van der Waals surface area contributed by atoms with E-state index in [0.717, 1.165) is 27.3 Å². The lowest BCUT2D eigenvalue weighted by molar-refractivity contribution is 0.00895. The number of nitrogens with zero attached hydrogens (tertiary/aromatic N) is 3. The lowest BCUT2D eigenvalue weighted by Gasteiger charge is -2.10. The van der Waals surface area contributed by atoms with Crippen LogP contribution in [0.2, 0.25) is 5.02 Å². The Morgan fingerprint density at radius 1 is 1.30 bits per heavy atom. The predicted molar refractivity (Wildman–Crippen MR) is 78.2 cm³/mol. The maximum absolute atomic E-state index is 13.6. The van der Waals surface area contributed by atoms with Crippen molar-refractivity contribution in [1.29, 1.82) is 0 Å². The maximum Gasteiger partial charge on any atom is 0.288 e. The van der Waals surface area contributed by atoms with E-state index in [1.54, 1.807) is 0 Å². The van der Waals surface area contributed by atoms with Crippen LogP contribution in [0.15, 0.2) is 10.5 Å². The largest absolute Gasteiger partial charge is 0.288 e. The topological polar surface area (TPSA) is 30.7 Å². The van der Waals surface area contributed by atoms with Crippen LogP contribution >= 0.6 is 27.5 Å². The number of hydrogen-bond donors (Lipinski definition) is 0. The first kappa shape index (κ1) is 15.4. The molecule has 2 aromatic heterocycles. The summed E-state index contributed by atoms with van der Waals surface area (Å²) in [7, 11) is 1.45. The smallest absolute Gasteiger partial charge is 0.264 e. The minimum Gasteiger partial charge on any atom is -0.264 e. The van der Waals surface area contributed by atoms with Crippen molar-refractivity contribution < 1.29 is 8.78 Å². The van der Waals surface area contributed by atoms with Crippen molar-refractivity contribution in [3.05, 3.63) is 32.5 Å². The molecule has 20 heavy (non-hydrogen) atoms. The van der Waals surface area contributed by atoms with Gasteiger partial charge in [-0.3, -0.25) is 4.68 Å². The number of rotatable bonds is 2. The van der Waals surface area contributed by atoms with Gasteiger partial charge >= 0.3 is 0 Å². The molecule has 0 N–H and O–H groups in total. The molecule has 0 saturated heterocycles. The highest BCUT2D eigenvalue weighted by Crippen LogP contribution is 2.39. The van der Waals surface area contributed by atoms with Crippen LogP contribution in [-0.4, -0.2) is 14.8 Å². The molecule has 7 heteroatoms. The van der Waals surface area contributed by atoms with Gasteiger partial charge in [0.2, 0.25) is 0 Å². The van der Waals surface area contributed by atoms with Crippen LogP contribution in [0.1, 0.15) is 23.9 Å². The molecule has 3 nitrogen and oxygen atoms in total. The van der Waals surface area contributed by atoms with Gasteiger partial charge in [-0.25, -0.2) is 4.98 Å². The number of pyridine rings is 1. The van der Waals surface area contributed by atoms with Crippen molar-refractivity contribution >= 4 is 27.5 Å². The average Bonchev–Trinajstić information content (AvgIpc) is 2.58. The van der Waals surface area contributed by atoms with E-state index in [0.29, 0.717) is 5.69 Å². The second-order valence-electron chi connectivity index (χ2n) is 4.74. The maximum atomic E-state index is 13.6. The van der Waals surface area contributed by atoms with Gasteiger partial charge in [0.15, 0.2) is 0 Å². The fraction of sp³-hybridized carbons (Fsp3) is 0.385. The molecule has 2 rings (SSSR count). The van der Waals surface area contributed by atoms with E-state index < -0.39 is 5.92 Å². The van der Waals surface area contributed by atoms with Crippen LogP contribution in [-0.2, 0) is 13.0 Å². The lowest BCUT2D eigenvalue weighted by Crippen LogP contribution is -2.13.